The van der Waals surface area contributed by atoms with Crippen LogP contribution >= 0.6 is 0 Å². The number of fused-ring (bicyclic) bond motifs is 1. The summed E-state index contributed by atoms with van der Waals surface area (Å²) in [6.07, 6.45) is 3.30. The van der Waals surface area contributed by atoms with E-state index in [1.165, 1.54) is 0 Å². The van der Waals surface area contributed by atoms with Crippen LogP contribution in [0.15, 0.2) is 24.5 Å². The zero-order valence-electron chi connectivity index (χ0n) is 8.99. The van der Waals surface area contributed by atoms with Crippen LogP contribution in [0.3, 0.4) is 0 Å². The molecule has 3 N–H and O–H groups in total. The number of rotatable bonds is 1. The highest BCUT2D eigenvalue weighted by Gasteiger charge is 2.04. The molecule has 80 valence electrons. The van der Waals surface area contributed by atoms with Crippen LogP contribution in [0.4, 0.5) is 5.69 Å². The lowest BCUT2D eigenvalue weighted by Gasteiger charge is -2.01. The normalized spacial score (nSPS) is 9.81. The van der Waals surface area contributed by atoms with Crippen LogP contribution in [-0.4, -0.2) is 23.6 Å². The fourth-order valence-electron chi connectivity index (χ4n) is 1.40. The average Bonchev–Trinajstić information content (AvgIpc) is 2.32. The molecule has 16 heavy (non-hydrogen) atoms. The quantitative estimate of drug-likeness (QED) is 0.541. The Morgan fingerprint density at radius 1 is 1.31 bits per heavy atom. The molecule has 0 atom stereocenters. The van der Waals surface area contributed by atoms with Gasteiger partial charge in [0.2, 0.25) is 0 Å². The highest BCUT2D eigenvalue weighted by molar-refractivity contribution is 5.86. The highest BCUT2D eigenvalue weighted by atomic mass is 14.8. The van der Waals surface area contributed by atoms with E-state index in [0.29, 0.717) is 12.2 Å². The molecule has 2 rings (SSSR count). The number of nitrogens with zero attached hydrogens (tertiary/aromatic N) is 2. The average molecular weight is 212 g/mol. The molecule has 4 nitrogen and oxygen atoms in total. The summed E-state index contributed by atoms with van der Waals surface area (Å²) >= 11 is 0. The second-order valence-corrected chi connectivity index (χ2v) is 3.29. The summed E-state index contributed by atoms with van der Waals surface area (Å²) < 4.78 is 0. The van der Waals surface area contributed by atoms with E-state index in [9.17, 15) is 0 Å². The number of anilines is 1. The zero-order valence-corrected chi connectivity index (χ0v) is 8.99. The topological polar surface area (TPSA) is 63.8 Å². The van der Waals surface area contributed by atoms with E-state index in [0.717, 1.165) is 16.6 Å². The Balaban J connectivity index is 2.58. The van der Waals surface area contributed by atoms with Gasteiger partial charge >= 0.3 is 0 Å². The van der Waals surface area contributed by atoms with Crippen LogP contribution in [0.5, 0.6) is 0 Å². The molecule has 0 spiro atoms. The minimum atomic E-state index is 0.621. The molecule has 0 saturated heterocycles. The minimum absolute atomic E-state index is 0.621. The summed E-state index contributed by atoms with van der Waals surface area (Å²) in [7, 11) is 1.85. The maximum Gasteiger partial charge on any atom is 0.106 e. The summed E-state index contributed by atoms with van der Waals surface area (Å²) in [4.78, 5) is 8.47. The molecule has 0 saturated carbocycles. The van der Waals surface area contributed by atoms with Crippen molar-refractivity contribution < 1.29 is 0 Å². The van der Waals surface area contributed by atoms with Gasteiger partial charge in [0.15, 0.2) is 0 Å². The number of aromatic nitrogens is 2. The predicted molar refractivity (Wildman–Crippen MR) is 64.8 cm³/mol. The van der Waals surface area contributed by atoms with E-state index in [1.807, 2.05) is 13.1 Å². The first-order valence-corrected chi connectivity index (χ1v) is 4.95. The number of nitrogen functional groups attached to an aromatic ring is 1. The second-order valence-electron chi connectivity index (χ2n) is 3.29. The van der Waals surface area contributed by atoms with Crippen LogP contribution in [0.2, 0.25) is 0 Å². The van der Waals surface area contributed by atoms with Crippen molar-refractivity contribution in [1.29, 1.82) is 0 Å². The SMILES string of the molecule is CNCC#Cc1c(N)ccc2nccnc12. The molecule has 0 aliphatic heterocycles. The van der Waals surface area contributed by atoms with Gasteiger partial charge in [0.05, 0.1) is 17.6 Å². The first-order valence-electron chi connectivity index (χ1n) is 4.95. The Morgan fingerprint density at radius 2 is 2.12 bits per heavy atom. The summed E-state index contributed by atoms with van der Waals surface area (Å²) in [5, 5.41) is 2.96. The van der Waals surface area contributed by atoms with E-state index in [1.54, 1.807) is 18.5 Å². The molecule has 0 aliphatic rings. The van der Waals surface area contributed by atoms with Crippen molar-refractivity contribution in [3.8, 4) is 11.8 Å². The Hall–Kier alpha value is -2.12. The van der Waals surface area contributed by atoms with Gasteiger partial charge in [-0.1, -0.05) is 11.8 Å². The molecule has 0 fully saturated rings. The van der Waals surface area contributed by atoms with Crippen LogP contribution < -0.4 is 11.1 Å². The lowest BCUT2D eigenvalue weighted by atomic mass is 10.1. The summed E-state index contributed by atoms with van der Waals surface area (Å²) in [6, 6.07) is 3.65. The van der Waals surface area contributed by atoms with Crippen molar-refractivity contribution in [3.05, 3.63) is 30.1 Å². The first kappa shape index (κ1) is 10.4. The molecular weight excluding hydrogens is 200 g/mol. The van der Waals surface area contributed by atoms with Gasteiger partial charge in [0.25, 0.3) is 0 Å². The van der Waals surface area contributed by atoms with Crippen molar-refractivity contribution in [1.82, 2.24) is 15.3 Å². The summed E-state index contributed by atoms with van der Waals surface area (Å²) in [5.74, 6) is 5.99. The summed E-state index contributed by atoms with van der Waals surface area (Å²) in [5.41, 5.74) is 8.83. The van der Waals surface area contributed by atoms with Crippen LogP contribution in [-0.2, 0) is 0 Å². The van der Waals surface area contributed by atoms with Gasteiger partial charge in [0, 0.05) is 18.1 Å². The molecule has 1 aromatic heterocycles. The van der Waals surface area contributed by atoms with Gasteiger partial charge in [-0.05, 0) is 19.2 Å². The standard InChI is InChI=1S/C12H12N4/c1-14-6-2-3-9-10(13)4-5-11-12(9)16-8-7-15-11/h4-5,7-8,14H,6,13H2,1H3. The zero-order chi connectivity index (χ0) is 11.4. The van der Waals surface area contributed by atoms with Gasteiger partial charge in [-0.2, -0.15) is 0 Å². The lowest BCUT2D eigenvalue weighted by Crippen LogP contribution is -2.04. The van der Waals surface area contributed by atoms with Crippen LogP contribution in [0.1, 0.15) is 5.56 Å². The van der Waals surface area contributed by atoms with E-state index in [4.69, 9.17) is 5.73 Å². The smallest absolute Gasteiger partial charge is 0.106 e. The van der Waals surface area contributed by atoms with Crippen LogP contribution in [0.25, 0.3) is 11.0 Å². The Labute approximate surface area is 93.9 Å². The molecule has 1 heterocycles. The molecule has 0 radical (unpaired) electrons. The second kappa shape index (κ2) is 4.60. The predicted octanol–water partition coefficient (Wildman–Crippen LogP) is 0.783. The van der Waals surface area contributed by atoms with Crippen molar-refractivity contribution in [3.63, 3.8) is 0 Å². The molecule has 0 amide bonds. The van der Waals surface area contributed by atoms with Crippen molar-refractivity contribution in [2.75, 3.05) is 19.3 Å². The Morgan fingerprint density at radius 3 is 2.94 bits per heavy atom. The van der Waals surface area contributed by atoms with Crippen molar-refractivity contribution in [2.45, 2.75) is 0 Å². The van der Waals surface area contributed by atoms with Crippen molar-refractivity contribution in [2.24, 2.45) is 0 Å². The number of nitrogens with one attached hydrogen (secondary N) is 1. The van der Waals surface area contributed by atoms with Gasteiger partial charge in [-0.3, -0.25) is 9.97 Å². The number of benzene rings is 1. The third-order valence-electron chi connectivity index (χ3n) is 2.15. The molecule has 2 aromatic rings. The van der Waals surface area contributed by atoms with Gasteiger partial charge < -0.3 is 11.1 Å². The molecule has 1 aromatic carbocycles. The molecular formula is C12H12N4. The summed E-state index contributed by atoms with van der Waals surface area (Å²) in [6.45, 7) is 0.621. The molecule has 0 unspecified atom stereocenters. The van der Waals surface area contributed by atoms with Gasteiger partial charge in [0.1, 0.15) is 5.52 Å². The fourth-order valence-corrected chi connectivity index (χ4v) is 1.40. The third-order valence-corrected chi connectivity index (χ3v) is 2.15. The number of hydrogen-bond donors (Lipinski definition) is 2. The molecule has 0 aliphatic carbocycles. The third kappa shape index (κ3) is 1.95. The maximum absolute atomic E-state index is 5.88. The number of nitrogens with two attached hydrogens (primary N) is 1. The Bertz CT molecular complexity index is 566. The van der Waals surface area contributed by atoms with E-state index in [2.05, 4.69) is 27.1 Å². The van der Waals surface area contributed by atoms with Crippen LogP contribution in [0, 0.1) is 11.8 Å². The lowest BCUT2D eigenvalue weighted by molar-refractivity contribution is 0.938. The highest BCUT2D eigenvalue weighted by Crippen LogP contribution is 2.19. The maximum atomic E-state index is 5.88. The molecule has 4 heteroatoms. The minimum Gasteiger partial charge on any atom is -0.398 e. The first-order chi connectivity index (χ1) is 7.83. The van der Waals surface area contributed by atoms with E-state index < -0.39 is 0 Å². The van der Waals surface area contributed by atoms with Gasteiger partial charge in [-0.25, -0.2) is 0 Å². The Kier molecular flexibility index (Phi) is 2.99. The fraction of sp³-hybridized carbons (Fsp3) is 0.167. The van der Waals surface area contributed by atoms with Gasteiger partial charge in [-0.15, -0.1) is 0 Å². The van der Waals surface area contributed by atoms with E-state index in [-0.39, 0.29) is 0 Å². The molecule has 0 bridgehead atoms. The largest absolute Gasteiger partial charge is 0.398 e. The monoisotopic (exact) mass is 212 g/mol. The number of hydrogen-bond acceptors (Lipinski definition) is 4. The van der Waals surface area contributed by atoms with E-state index >= 15 is 0 Å². The van der Waals surface area contributed by atoms with Crippen molar-refractivity contribution >= 4 is 16.7 Å².